The smallest absolute Gasteiger partial charge is 0.407 e. The molecular formula is C26H39F2N2O4Si. The summed E-state index contributed by atoms with van der Waals surface area (Å²) in [4.78, 5) is 23.6. The number of alkyl carbamates (subject to hydrolysis) is 1. The largest absolute Gasteiger partial charge is 0.480 e. The lowest BCUT2D eigenvalue weighted by Crippen LogP contribution is -2.46. The van der Waals surface area contributed by atoms with Gasteiger partial charge in [-0.25, -0.2) is 18.4 Å². The van der Waals surface area contributed by atoms with E-state index in [-0.39, 0.29) is 30.0 Å². The number of carboxylic acid groups (broad SMARTS) is 1. The standard InChI is InChI=1S/C26H39F2N2O4Si/c1-8-18(20-16-19(27)9-10-21(20)28)15-17(2)23(26(3,4)5)29-12-11-22(24(31)32)30-25(33)34-13-14-35(6)7/h8-10,15-16,22-23,29H,11-14H2,1-7H3,(H,30,33)(H,31,32)/b17-15+,18-8+/t22-,23-/m0/s1. The van der Waals surface area contributed by atoms with E-state index in [0.717, 1.165) is 23.7 Å². The van der Waals surface area contributed by atoms with Gasteiger partial charge in [-0.2, -0.15) is 0 Å². The van der Waals surface area contributed by atoms with Crippen molar-refractivity contribution in [1.82, 2.24) is 10.6 Å². The van der Waals surface area contributed by atoms with E-state index < -0.39 is 38.5 Å². The van der Waals surface area contributed by atoms with Gasteiger partial charge < -0.3 is 20.5 Å². The van der Waals surface area contributed by atoms with Crippen LogP contribution in [0.3, 0.4) is 0 Å². The van der Waals surface area contributed by atoms with E-state index in [4.69, 9.17) is 4.74 Å². The maximum Gasteiger partial charge on any atom is 0.407 e. The van der Waals surface area contributed by atoms with Crippen molar-refractivity contribution < 1.29 is 28.2 Å². The Labute approximate surface area is 209 Å². The summed E-state index contributed by atoms with van der Waals surface area (Å²) in [5, 5.41) is 15.3. The second kappa shape index (κ2) is 14.1. The number of carboxylic acids is 1. The van der Waals surface area contributed by atoms with Crippen molar-refractivity contribution in [2.45, 2.75) is 72.3 Å². The predicted molar refractivity (Wildman–Crippen MR) is 138 cm³/mol. The normalized spacial score (nSPS) is 14.6. The number of ether oxygens (including phenoxy) is 1. The van der Waals surface area contributed by atoms with Crippen LogP contribution in [0, 0.1) is 17.0 Å². The minimum absolute atomic E-state index is 0.149. The molecule has 1 rings (SSSR count). The molecule has 195 valence electrons. The average Bonchev–Trinajstić information content (AvgIpc) is 2.74. The number of amides is 1. The maximum absolute atomic E-state index is 14.3. The van der Waals surface area contributed by atoms with E-state index in [2.05, 4.69) is 23.7 Å². The number of hydrogen-bond donors (Lipinski definition) is 3. The monoisotopic (exact) mass is 509 g/mol. The second-order valence-corrected chi connectivity index (χ2v) is 12.8. The summed E-state index contributed by atoms with van der Waals surface area (Å²) in [7, 11) is -0.532. The molecule has 0 fully saturated rings. The first kappa shape index (κ1) is 30.5. The van der Waals surface area contributed by atoms with Gasteiger partial charge in [-0.3, -0.25) is 0 Å². The molecule has 1 aromatic carbocycles. The Morgan fingerprint density at radius 1 is 1.23 bits per heavy atom. The summed E-state index contributed by atoms with van der Waals surface area (Å²) in [5.74, 6) is -2.17. The fourth-order valence-electron chi connectivity index (χ4n) is 3.68. The molecule has 0 heterocycles. The summed E-state index contributed by atoms with van der Waals surface area (Å²) in [6.45, 7) is 14.5. The van der Waals surface area contributed by atoms with Crippen LogP contribution in [0.2, 0.25) is 19.1 Å². The Bertz CT molecular complexity index is 926. The van der Waals surface area contributed by atoms with Crippen LogP contribution in [-0.4, -0.2) is 51.2 Å². The number of carbonyl (C=O) groups is 2. The van der Waals surface area contributed by atoms with Crippen LogP contribution in [0.25, 0.3) is 5.57 Å². The zero-order valence-corrected chi connectivity index (χ0v) is 22.8. The van der Waals surface area contributed by atoms with Crippen LogP contribution in [0.4, 0.5) is 13.6 Å². The molecule has 1 radical (unpaired) electrons. The van der Waals surface area contributed by atoms with Gasteiger partial charge >= 0.3 is 12.1 Å². The molecule has 35 heavy (non-hydrogen) atoms. The molecule has 1 aromatic rings. The van der Waals surface area contributed by atoms with Crippen LogP contribution in [0.15, 0.2) is 35.9 Å². The Hall–Kier alpha value is -2.52. The lowest BCUT2D eigenvalue weighted by atomic mass is 9.81. The van der Waals surface area contributed by atoms with Crippen molar-refractivity contribution in [3.8, 4) is 0 Å². The molecule has 0 aliphatic heterocycles. The number of rotatable bonds is 12. The second-order valence-electron chi connectivity index (χ2n) is 9.93. The summed E-state index contributed by atoms with van der Waals surface area (Å²) < 4.78 is 33.1. The average molecular weight is 510 g/mol. The summed E-state index contributed by atoms with van der Waals surface area (Å²) >= 11 is 0. The van der Waals surface area contributed by atoms with Gasteiger partial charge in [-0.05, 0) is 62.0 Å². The van der Waals surface area contributed by atoms with E-state index in [1.165, 1.54) is 6.07 Å². The molecule has 0 spiro atoms. The highest BCUT2D eigenvalue weighted by Gasteiger charge is 2.27. The van der Waals surface area contributed by atoms with Crippen molar-refractivity contribution in [3.63, 3.8) is 0 Å². The summed E-state index contributed by atoms with van der Waals surface area (Å²) in [6.07, 6.45) is 2.94. The molecule has 9 heteroatoms. The molecule has 6 nitrogen and oxygen atoms in total. The number of allylic oxidation sites excluding steroid dienone is 3. The molecule has 0 saturated heterocycles. The van der Waals surface area contributed by atoms with Crippen LogP contribution < -0.4 is 10.6 Å². The van der Waals surface area contributed by atoms with Crippen LogP contribution >= 0.6 is 0 Å². The molecule has 0 aromatic heterocycles. The highest BCUT2D eigenvalue weighted by atomic mass is 28.3. The van der Waals surface area contributed by atoms with E-state index in [0.29, 0.717) is 12.1 Å². The van der Waals surface area contributed by atoms with Crippen LogP contribution in [-0.2, 0) is 9.53 Å². The third-order valence-electron chi connectivity index (χ3n) is 5.46. The molecule has 2 atom stereocenters. The molecule has 0 aliphatic rings. The fraction of sp³-hybridized carbons (Fsp3) is 0.538. The number of benzene rings is 1. The van der Waals surface area contributed by atoms with Gasteiger partial charge in [0.05, 0.1) is 6.61 Å². The third-order valence-corrected chi connectivity index (χ3v) is 6.67. The minimum atomic E-state index is -1.14. The van der Waals surface area contributed by atoms with Crippen molar-refractivity contribution >= 4 is 26.4 Å². The van der Waals surface area contributed by atoms with E-state index >= 15 is 0 Å². The number of nitrogens with one attached hydrogen (secondary N) is 2. The number of carbonyl (C=O) groups excluding carboxylic acids is 1. The van der Waals surface area contributed by atoms with E-state index in [1.807, 2.05) is 33.8 Å². The number of hydrogen-bond acceptors (Lipinski definition) is 4. The summed E-state index contributed by atoms with van der Waals surface area (Å²) in [5.41, 5.74) is 1.34. The molecular weight excluding hydrogens is 470 g/mol. The van der Waals surface area contributed by atoms with Gasteiger partial charge in [-0.1, -0.05) is 51.6 Å². The first-order valence-electron chi connectivity index (χ1n) is 11.7. The quantitative estimate of drug-likeness (QED) is 0.251. The summed E-state index contributed by atoms with van der Waals surface area (Å²) in [6, 6.07) is 2.86. The van der Waals surface area contributed by atoms with E-state index in [9.17, 15) is 23.5 Å². The zero-order valence-electron chi connectivity index (χ0n) is 21.8. The Morgan fingerprint density at radius 2 is 1.89 bits per heavy atom. The predicted octanol–water partition coefficient (Wildman–Crippen LogP) is 5.64. The highest BCUT2D eigenvalue weighted by molar-refractivity contribution is 6.55. The highest BCUT2D eigenvalue weighted by Crippen LogP contribution is 2.29. The fourth-order valence-corrected chi connectivity index (χ4v) is 4.19. The van der Waals surface area contributed by atoms with Crippen molar-refractivity contribution in [3.05, 3.63) is 53.1 Å². The Morgan fingerprint density at radius 3 is 2.43 bits per heavy atom. The van der Waals surface area contributed by atoms with Gasteiger partial charge in [0.25, 0.3) is 0 Å². The van der Waals surface area contributed by atoms with Gasteiger partial charge in [0.2, 0.25) is 0 Å². The van der Waals surface area contributed by atoms with Gasteiger partial charge in [0.1, 0.15) is 17.7 Å². The zero-order chi connectivity index (χ0) is 26.8. The first-order chi connectivity index (χ1) is 16.3. The molecule has 0 unspecified atom stereocenters. The van der Waals surface area contributed by atoms with Gasteiger partial charge in [-0.15, -0.1) is 0 Å². The first-order valence-corrected chi connectivity index (χ1v) is 14.4. The molecule has 3 N–H and O–H groups in total. The van der Waals surface area contributed by atoms with Crippen LogP contribution in [0.1, 0.15) is 46.6 Å². The van der Waals surface area contributed by atoms with Crippen LogP contribution in [0.5, 0.6) is 0 Å². The maximum atomic E-state index is 14.3. The topological polar surface area (TPSA) is 87.7 Å². The molecule has 0 bridgehead atoms. The number of halogens is 2. The Kier molecular flexibility index (Phi) is 12.3. The number of aliphatic carboxylic acids is 1. The Balaban J connectivity index is 2.91. The van der Waals surface area contributed by atoms with Crippen molar-refractivity contribution in [1.29, 1.82) is 0 Å². The van der Waals surface area contributed by atoms with E-state index in [1.54, 1.807) is 13.0 Å². The molecule has 0 saturated carbocycles. The van der Waals surface area contributed by atoms with Gasteiger partial charge in [0, 0.05) is 20.4 Å². The van der Waals surface area contributed by atoms with Gasteiger partial charge in [0.15, 0.2) is 0 Å². The van der Waals surface area contributed by atoms with Crippen molar-refractivity contribution in [2.75, 3.05) is 13.2 Å². The molecule has 0 aliphatic carbocycles. The third kappa shape index (κ3) is 10.7. The van der Waals surface area contributed by atoms with Crippen molar-refractivity contribution in [2.24, 2.45) is 5.41 Å². The SMILES string of the molecule is C/C=C(\C=C(/C)[C@H](NCC[C@H](NC(=O)OCC[Si](C)C)C(=O)O)C(C)(C)C)c1cc(F)ccc1F. The molecule has 1 amide bonds. The lowest BCUT2D eigenvalue weighted by molar-refractivity contribution is -0.139. The lowest BCUT2D eigenvalue weighted by Gasteiger charge is -2.33. The minimum Gasteiger partial charge on any atom is -0.480 e.